The van der Waals surface area contributed by atoms with E-state index in [4.69, 9.17) is 0 Å². The van der Waals surface area contributed by atoms with Crippen LogP contribution in [0.4, 0.5) is 0 Å². The lowest BCUT2D eigenvalue weighted by molar-refractivity contribution is -0.131. The van der Waals surface area contributed by atoms with Crippen molar-refractivity contribution in [2.45, 2.75) is 0 Å². The Morgan fingerprint density at radius 3 is 2.12 bits per heavy atom. The van der Waals surface area contributed by atoms with E-state index in [0.717, 1.165) is 0 Å². The molecule has 1 aromatic carbocycles. The van der Waals surface area contributed by atoms with E-state index in [0.29, 0.717) is 37.3 Å². The molecule has 1 aromatic heterocycles. The molecule has 0 atom stereocenters. The summed E-state index contributed by atoms with van der Waals surface area (Å²) >= 11 is 0. The number of hydrogen-bond acceptors (Lipinski definition) is 4. The summed E-state index contributed by atoms with van der Waals surface area (Å²) in [4.78, 5) is 44.0. The molecule has 134 valence electrons. The molecule has 0 aliphatic carbocycles. The molecule has 1 fully saturated rings. The minimum Gasteiger partial charge on any atom is -0.343 e. The molecular weight excluding hydrogens is 332 g/mol. The minimum atomic E-state index is -0.273. The molecule has 0 saturated carbocycles. The normalized spacial score (nSPS) is 14.0. The van der Waals surface area contributed by atoms with Crippen molar-refractivity contribution in [1.29, 1.82) is 0 Å². The lowest BCUT2D eigenvalue weighted by Gasteiger charge is -2.34. The second-order valence-electron chi connectivity index (χ2n) is 5.96. The summed E-state index contributed by atoms with van der Waals surface area (Å²) in [6.45, 7) is 1.80. The van der Waals surface area contributed by atoms with Gasteiger partial charge in [-0.25, -0.2) is 0 Å². The van der Waals surface area contributed by atoms with Crippen LogP contribution >= 0.6 is 0 Å². The number of aromatic nitrogens is 1. The number of piperazine rings is 1. The number of carbonyl (C=O) groups excluding carboxylic acids is 3. The van der Waals surface area contributed by atoms with Gasteiger partial charge in [0.05, 0.1) is 6.54 Å². The lowest BCUT2D eigenvalue weighted by Crippen LogP contribution is -2.52. The summed E-state index contributed by atoms with van der Waals surface area (Å²) < 4.78 is 0. The van der Waals surface area contributed by atoms with Gasteiger partial charge in [-0.15, -0.1) is 0 Å². The van der Waals surface area contributed by atoms with E-state index >= 15 is 0 Å². The van der Waals surface area contributed by atoms with Crippen molar-refractivity contribution in [2.75, 3.05) is 32.7 Å². The number of carbonyl (C=O) groups is 3. The molecule has 26 heavy (non-hydrogen) atoms. The van der Waals surface area contributed by atoms with E-state index < -0.39 is 0 Å². The molecule has 0 radical (unpaired) electrons. The van der Waals surface area contributed by atoms with Crippen LogP contribution in [0.5, 0.6) is 0 Å². The van der Waals surface area contributed by atoms with Gasteiger partial charge in [-0.05, 0) is 24.3 Å². The van der Waals surface area contributed by atoms with Crippen LogP contribution in [0.2, 0.25) is 0 Å². The van der Waals surface area contributed by atoms with E-state index in [1.54, 1.807) is 58.6 Å². The molecule has 2 heterocycles. The van der Waals surface area contributed by atoms with Crippen LogP contribution in [0.25, 0.3) is 0 Å². The predicted octanol–water partition coefficient (Wildman–Crippen LogP) is 0.796. The van der Waals surface area contributed by atoms with Gasteiger partial charge in [0, 0.05) is 49.7 Å². The first kappa shape index (κ1) is 17.6. The molecular formula is C19H20N4O3. The van der Waals surface area contributed by atoms with Crippen LogP contribution < -0.4 is 5.32 Å². The zero-order chi connectivity index (χ0) is 18.4. The number of pyridine rings is 1. The molecule has 1 aliphatic rings. The Bertz CT molecular complexity index is 772. The van der Waals surface area contributed by atoms with E-state index in [2.05, 4.69) is 10.3 Å². The predicted molar refractivity (Wildman–Crippen MR) is 95.5 cm³/mol. The first-order valence-electron chi connectivity index (χ1n) is 8.45. The largest absolute Gasteiger partial charge is 0.343 e. The number of rotatable bonds is 4. The number of nitrogens with one attached hydrogen (secondary N) is 1. The summed E-state index contributed by atoms with van der Waals surface area (Å²) in [6, 6.07) is 12.1. The Labute approximate surface area is 151 Å². The Morgan fingerprint density at radius 1 is 0.846 bits per heavy atom. The van der Waals surface area contributed by atoms with Crippen molar-refractivity contribution in [1.82, 2.24) is 20.1 Å². The summed E-state index contributed by atoms with van der Waals surface area (Å²) in [7, 11) is 0. The topological polar surface area (TPSA) is 82.6 Å². The zero-order valence-corrected chi connectivity index (χ0v) is 14.3. The fourth-order valence-electron chi connectivity index (χ4n) is 2.80. The second kappa shape index (κ2) is 8.24. The third-order valence-electron chi connectivity index (χ3n) is 4.28. The maximum absolute atomic E-state index is 12.4. The number of nitrogens with zero attached hydrogens (tertiary/aromatic N) is 3. The molecule has 1 aliphatic heterocycles. The summed E-state index contributed by atoms with van der Waals surface area (Å²) in [6.07, 6.45) is 3.17. The van der Waals surface area contributed by atoms with Crippen LogP contribution in [0.3, 0.4) is 0 Å². The quantitative estimate of drug-likeness (QED) is 0.882. The Morgan fingerprint density at radius 2 is 1.46 bits per heavy atom. The molecule has 1 saturated heterocycles. The van der Waals surface area contributed by atoms with Gasteiger partial charge in [0.25, 0.3) is 11.8 Å². The molecule has 7 heteroatoms. The van der Waals surface area contributed by atoms with Gasteiger partial charge in [0.15, 0.2) is 0 Å². The van der Waals surface area contributed by atoms with Crippen molar-refractivity contribution >= 4 is 17.7 Å². The highest BCUT2D eigenvalue weighted by molar-refractivity contribution is 5.96. The molecule has 3 amide bonds. The van der Waals surface area contributed by atoms with Gasteiger partial charge in [0.1, 0.15) is 0 Å². The molecule has 3 rings (SSSR count). The van der Waals surface area contributed by atoms with Crippen molar-refractivity contribution in [3.8, 4) is 0 Å². The van der Waals surface area contributed by atoms with Gasteiger partial charge >= 0.3 is 0 Å². The second-order valence-corrected chi connectivity index (χ2v) is 5.96. The first-order valence-corrected chi connectivity index (χ1v) is 8.45. The first-order chi connectivity index (χ1) is 12.6. The van der Waals surface area contributed by atoms with Crippen molar-refractivity contribution in [3.63, 3.8) is 0 Å². The van der Waals surface area contributed by atoms with E-state index in [1.807, 2.05) is 6.07 Å². The minimum absolute atomic E-state index is 0.0496. The molecule has 1 N–H and O–H groups in total. The molecule has 0 unspecified atom stereocenters. The van der Waals surface area contributed by atoms with Crippen molar-refractivity contribution < 1.29 is 14.4 Å². The molecule has 2 aromatic rings. The number of benzene rings is 1. The maximum atomic E-state index is 12.4. The van der Waals surface area contributed by atoms with Crippen LogP contribution in [0.15, 0.2) is 54.9 Å². The highest BCUT2D eigenvalue weighted by atomic mass is 16.2. The van der Waals surface area contributed by atoms with E-state index in [-0.39, 0.29) is 24.3 Å². The molecule has 7 nitrogen and oxygen atoms in total. The SMILES string of the molecule is O=C(NCC(=O)N1CCN(C(=O)c2ccncc2)CC1)c1ccccc1. The Hall–Kier alpha value is -3.22. The van der Waals surface area contributed by atoms with Gasteiger partial charge in [-0.2, -0.15) is 0 Å². The van der Waals surface area contributed by atoms with E-state index in [9.17, 15) is 14.4 Å². The summed E-state index contributed by atoms with van der Waals surface area (Å²) in [5.41, 5.74) is 1.11. The maximum Gasteiger partial charge on any atom is 0.254 e. The third kappa shape index (κ3) is 4.24. The number of amides is 3. The lowest BCUT2D eigenvalue weighted by atomic mass is 10.2. The van der Waals surface area contributed by atoms with Gasteiger partial charge in [-0.3, -0.25) is 19.4 Å². The van der Waals surface area contributed by atoms with Gasteiger partial charge < -0.3 is 15.1 Å². The van der Waals surface area contributed by atoms with Crippen LogP contribution in [0.1, 0.15) is 20.7 Å². The Balaban J connectivity index is 1.46. The summed E-state index contributed by atoms with van der Waals surface area (Å²) in [5, 5.41) is 2.64. The van der Waals surface area contributed by atoms with Gasteiger partial charge in [0.2, 0.25) is 5.91 Å². The average molecular weight is 352 g/mol. The zero-order valence-electron chi connectivity index (χ0n) is 14.3. The smallest absolute Gasteiger partial charge is 0.254 e. The van der Waals surface area contributed by atoms with Gasteiger partial charge in [-0.1, -0.05) is 18.2 Å². The average Bonchev–Trinajstić information content (AvgIpc) is 2.72. The summed E-state index contributed by atoms with van der Waals surface area (Å²) in [5.74, 6) is -0.479. The molecule has 0 spiro atoms. The highest BCUT2D eigenvalue weighted by Crippen LogP contribution is 2.08. The van der Waals surface area contributed by atoms with E-state index in [1.165, 1.54) is 0 Å². The fourth-order valence-corrected chi connectivity index (χ4v) is 2.80. The van der Waals surface area contributed by atoms with Crippen LogP contribution in [-0.4, -0.2) is 65.2 Å². The van der Waals surface area contributed by atoms with Crippen LogP contribution in [-0.2, 0) is 4.79 Å². The van der Waals surface area contributed by atoms with Crippen molar-refractivity contribution in [2.24, 2.45) is 0 Å². The number of hydrogen-bond donors (Lipinski definition) is 1. The monoisotopic (exact) mass is 352 g/mol. The van der Waals surface area contributed by atoms with Crippen molar-refractivity contribution in [3.05, 3.63) is 66.0 Å². The Kier molecular flexibility index (Phi) is 5.58. The molecule has 0 bridgehead atoms. The van der Waals surface area contributed by atoms with Crippen LogP contribution in [0, 0.1) is 0 Å². The third-order valence-corrected chi connectivity index (χ3v) is 4.28. The highest BCUT2D eigenvalue weighted by Gasteiger charge is 2.24. The fraction of sp³-hybridized carbons (Fsp3) is 0.263. The standard InChI is InChI=1S/C19H20N4O3/c24-17(14-21-18(25)15-4-2-1-3-5-15)22-10-12-23(13-11-22)19(26)16-6-8-20-9-7-16/h1-9H,10-14H2,(H,21,25).